The van der Waals surface area contributed by atoms with Gasteiger partial charge in [-0.1, -0.05) is 58.9 Å². The van der Waals surface area contributed by atoms with Crippen molar-refractivity contribution >= 4 is 11.4 Å². The summed E-state index contributed by atoms with van der Waals surface area (Å²) < 4.78 is 7.26. The molecular formula is C23H30N4O2. The number of carbonyl (C=O) groups is 1. The van der Waals surface area contributed by atoms with E-state index in [0.717, 1.165) is 16.8 Å². The lowest BCUT2D eigenvalue weighted by molar-refractivity contribution is -0.127. The number of Topliss-reactive ketones (excluding diaryl/α,β-unsaturated/α-hetero) is 1. The number of benzene rings is 1. The largest absolute Gasteiger partial charge is 0.375 e. The highest BCUT2D eigenvalue weighted by Crippen LogP contribution is 2.34. The first-order valence-electron chi connectivity index (χ1n) is 9.75. The summed E-state index contributed by atoms with van der Waals surface area (Å²) in [6.45, 7) is 12.7. The van der Waals surface area contributed by atoms with Gasteiger partial charge in [0.25, 0.3) is 0 Å². The molecule has 2 aromatic rings. The Balaban J connectivity index is 1.99. The number of hydrogen-bond acceptors (Lipinski definition) is 5. The van der Waals surface area contributed by atoms with E-state index in [-0.39, 0.29) is 16.6 Å². The van der Waals surface area contributed by atoms with Crippen molar-refractivity contribution < 1.29 is 9.53 Å². The van der Waals surface area contributed by atoms with Crippen LogP contribution >= 0.6 is 0 Å². The van der Waals surface area contributed by atoms with Gasteiger partial charge < -0.3 is 4.74 Å². The maximum absolute atomic E-state index is 11.9. The summed E-state index contributed by atoms with van der Waals surface area (Å²) in [4.78, 5) is 11.9. The monoisotopic (exact) mass is 394 g/mol. The van der Waals surface area contributed by atoms with Gasteiger partial charge in [-0.15, -0.1) is 5.10 Å². The van der Waals surface area contributed by atoms with Crippen LogP contribution in [0.4, 0.5) is 0 Å². The number of carbonyl (C=O) groups excluding carboxylic acids is 1. The number of nitrogens with zero attached hydrogens (tertiary/aromatic N) is 4. The number of ketones is 1. The smallest absolute Gasteiger partial charge is 0.140 e. The van der Waals surface area contributed by atoms with E-state index in [9.17, 15) is 4.79 Å². The highest BCUT2D eigenvalue weighted by Gasteiger charge is 2.20. The van der Waals surface area contributed by atoms with E-state index in [1.807, 2.05) is 51.2 Å². The van der Waals surface area contributed by atoms with Gasteiger partial charge in [0.2, 0.25) is 0 Å². The van der Waals surface area contributed by atoms with E-state index in [2.05, 4.69) is 37.2 Å². The Morgan fingerprint density at radius 2 is 1.79 bits per heavy atom. The molecule has 1 aromatic carbocycles. The average molecular weight is 395 g/mol. The van der Waals surface area contributed by atoms with E-state index in [1.54, 1.807) is 10.8 Å². The van der Waals surface area contributed by atoms with Gasteiger partial charge in [-0.05, 0) is 28.7 Å². The minimum Gasteiger partial charge on any atom is -0.375 e. The van der Waals surface area contributed by atoms with E-state index in [0.29, 0.717) is 25.3 Å². The van der Waals surface area contributed by atoms with Crippen LogP contribution in [0.25, 0.3) is 11.3 Å². The van der Waals surface area contributed by atoms with Crippen LogP contribution in [0.5, 0.6) is 0 Å². The number of nitriles is 1. The molecule has 2 rings (SSSR count). The summed E-state index contributed by atoms with van der Waals surface area (Å²) in [5.41, 5.74) is 3.12. The normalized spacial score (nSPS) is 12.7. The average Bonchev–Trinajstić information content (AvgIpc) is 3.10. The van der Waals surface area contributed by atoms with Crippen LogP contribution in [0.2, 0.25) is 0 Å². The van der Waals surface area contributed by atoms with Crippen LogP contribution < -0.4 is 0 Å². The van der Waals surface area contributed by atoms with E-state index in [4.69, 9.17) is 10.00 Å². The molecule has 154 valence electrons. The predicted molar refractivity (Wildman–Crippen MR) is 113 cm³/mol. The van der Waals surface area contributed by atoms with Gasteiger partial charge in [-0.3, -0.25) is 4.79 Å². The van der Waals surface area contributed by atoms with Gasteiger partial charge in [-0.2, -0.15) is 5.26 Å². The summed E-state index contributed by atoms with van der Waals surface area (Å²) in [5.74, 6) is 0.182. The fourth-order valence-electron chi connectivity index (χ4n) is 2.80. The van der Waals surface area contributed by atoms with Crippen molar-refractivity contribution in [2.45, 2.75) is 54.6 Å². The Bertz CT molecular complexity index is 904. The van der Waals surface area contributed by atoms with Gasteiger partial charge in [-0.25, -0.2) is 4.68 Å². The summed E-state index contributed by atoms with van der Waals surface area (Å²) in [6.07, 6.45) is 3.81. The second-order valence-corrected chi connectivity index (χ2v) is 9.11. The van der Waals surface area contributed by atoms with Gasteiger partial charge in [0.1, 0.15) is 11.5 Å². The SMILES string of the molecule is CC(C)(C)C(=O)CCOCc1cn(-c2ccc(C(=CC#N)C(C)(C)C)cc2)nn1. The Morgan fingerprint density at radius 3 is 2.34 bits per heavy atom. The molecule has 6 heteroatoms. The van der Waals surface area contributed by atoms with Gasteiger partial charge in [0.15, 0.2) is 0 Å². The molecule has 0 saturated carbocycles. The quantitative estimate of drug-likeness (QED) is 0.500. The maximum atomic E-state index is 11.9. The Morgan fingerprint density at radius 1 is 1.14 bits per heavy atom. The van der Waals surface area contributed by atoms with Crippen LogP contribution in [0, 0.1) is 22.2 Å². The van der Waals surface area contributed by atoms with Crippen LogP contribution in [0.3, 0.4) is 0 Å². The lowest BCUT2D eigenvalue weighted by Gasteiger charge is -2.22. The molecule has 1 heterocycles. The molecule has 0 radical (unpaired) electrons. The summed E-state index contributed by atoms with van der Waals surface area (Å²) >= 11 is 0. The third-order valence-electron chi connectivity index (χ3n) is 4.56. The fraction of sp³-hybridized carbons (Fsp3) is 0.478. The van der Waals surface area contributed by atoms with Crippen molar-refractivity contribution in [2.75, 3.05) is 6.61 Å². The number of ether oxygens (including phenoxy) is 1. The molecule has 0 fully saturated rings. The molecule has 6 nitrogen and oxygen atoms in total. The fourth-order valence-corrected chi connectivity index (χ4v) is 2.80. The van der Waals surface area contributed by atoms with Crippen molar-refractivity contribution in [3.63, 3.8) is 0 Å². The molecule has 0 bridgehead atoms. The Labute approximate surface area is 173 Å². The van der Waals surface area contributed by atoms with Gasteiger partial charge in [0.05, 0.1) is 31.2 Å². The molecule has 0 aliphatic rings. The van der Waals surface area contributed by atoms with Crippen molar-refractivity contribution in [2.24, 2.45) is 10.8 Å². The van der Waals surface area contributed by atoms with Crippen molar-refractivity contribution in [3.05, 3.63) is 47.8 Å². The molecule has 0 aliphatic heterocycles. The highest BCUT2D eigenvalue weighted by atomic mass is 16.5. The zero-order chi connectivity index (χ0) is 21.7. The van der Waals surface area contributed by atoms with Crippen molar-refractivity contribution in [3.8, 4) is 11.8 Å². The Kier molecular flexibility index (Phi) is 7.10. The number of hydrogen-bond donors (Lipinski definition) is 0. The third-order valence-corrected chi connectivity index (χ3v) is 4.56. The lowest BCUT2D eigenvalue weighted by atomic mass is 9.82. The van der Waals surface area contributed by atoms with E-state index < -0.39 is 0 Å². The van der Waals surface area contributed by atoms with E-state index in [1.165, 1.54) is 0 Å². The minimum atomic E-state index is -0.339. The third kappa shape index (κ3) is 6.37. The number of aromatic nitrogens is 3. The molecule has 0 unspecified atom stereocenters. The number of rotatable bonds is 7. The Hall–Kier alpha value is -2.78. The minimum absolute atomic E-state index is 0.122. The molecule has 0 spiro atoms. The molecule has 1 aromatic heterocycles. The summed E-state index contributed by atoms with van der Waals surface area (Å²) in [6, 6.07) is 10.0. The summed E-state index contributed by atoms with van der Waals surface area (Å²) in [7, 11) is 0. The highest BCUT2D eigenvalue weighted by molar-refractivity contribution is 5.83. The first kappa shape index (κ1) is 22.5. The van der Waals surface area contributed by atoms with Crippen LogP contribution in [-0.2, 0) is 16.1 Å². The molecule has 0 amide bonds. The first-order valence-corrected chi connectivity index (χ1v) is 9.75. The molecule has 0 saturated heterocycles. The second-order valence-electron chi connectivity index (χ2n) is 9.11. The standard InChI is InChI=1S/C23H30N4O2/c1-22(2,3)20(11-13-24)17-7-9-19(10-8-17)27-15-18(25-26-27)16-29-14-12-21(28)23(4,5)6/h7-11,15H,12,14,16H2,1-6H3. The maximum Gasteiger partial charge on any atom is 0.140 e. The second kappa shape index (κ2) is 9.15. The van der Waals surface area contributed by atoms with Crippen molar-refractivity contribution in [1.82, 2.24) is 15.0 Å². The zero-order valence-corrected chi connectivity index (χ0v) is 18.2. The molecule has 0 atom stereocenters. The first-order chi connectivity index (χ1) is 13.5. The molecule has 29 heavy (non-hydrogen) atoms. The van der Waals surface area contributed by atoms with Gasteiger partial charge >= 0.3 is 0 Å². The summed E-state index contributed by atoms with van der Waals surface area (Å²) in [5, 5.41) is 17.4. The van der Waals surface area contributed by atoms with Crippen molar-refractivity contribution in [1.29, 1.82) is 5.26 Å². The topological polar surface area (TPSA) is 80.8 Å². The molecular weight excluding hydrogens is 364 g/mol. The molecule has 0 aliphatic carbocycles. The van der Waals surface area contributed by atoms with Gasteiger partial charge in [0, 0.05) is 17.9 Å². The zero-order valence-electron chi connectivity index (χ0n) is 18.2. The molecule has 0 N–H and O–H groups in total. The van der Waals surface area contributed by atoms with Crippen LogP contribution in [0.1, 0.15) is 59.2 Å². The predicted octanol–water partition coefficient (Wildman–Crippen LogP) is 4.74. The van der Waals surface area contributed by atoms with Crippen LogP contribution in [0.15, 0.2) is 36.5 Å². The van der Waals surface area contributed by atoms with Crippen LogP contribution in [-0.4, -0.2) is 27.4 Å². The van der Waals surface area contributed by atoms with E-state index >= 15 is 0 Å². The number of allylic oxidation sites excluding steroid dienone is 2. The lowest BCUT2D eigenvalue weighted by Crippen LogP contribution is -2.21.